The molecule has 0 bridgehead atoms. The van der Waals surface area contributed by atoms with Crippen LogP contribution in [-0.2, 0) is 33.4 Å². The van der Waals surface area contributed by atoms with Gasteiger partial charge in [-0.3, -0.25) is 28.7 Å². The van der Waals surface area contributed by atoms with E-state index >= 15 is 0 Å². The zero-order valence-electron chi connectivity index (χ0n) is 35.6. The van der Waals surface area contributed by atoms with Gasteiger partial charge < -0.3 is 48.1 Å². The van der Waals surface area contributed by atoms with E-state index in [0.717, 1.165) is 16.7 Å². The van der Waals surface area contributed by atoms with Gasteiger partial charge in [0.2, 0.25) is 5.95 Å². The number of imidazole rings is 1. The van der Waals surface area contributed by atoms with E-state index in [0.29, 0.717) is 11.5 Å². The largest absolute Gasteiger partial charge is 0.497 e. The van der Waals surface area contributed by atoms with Gasteiger partial charge >= 0.3 is 14.3 Å². The van der Waals surface area contributed by atoms with E-state index < -0.39 is 74.5 Å². The van der Waals surface area contributed by atoms with E-state index in [1.165, 1.54) is 17.1 Å². The Kier molecular flexibility index (Phi) is 13.8. The third kappa shape index (κ3) is 9.45. The number of nitrogen functional groups attached to an aromatic ring is 1. The van der Waals surface area contributed by atoms with Crippen LogP contribution in [0.1, 0.15) is 54.0 Å². The lowest BCUT2D eigenvalue weighted by Crippen LogP contribution is -2.38. The number of hydrogen-bond acceptors (Lipinski definition) is 16. The van der Waals surface area contributed by atoms with E-state index in [4.69, 9.17) is 43.0 Å². The minimum atomic E-state index is -2.33. The van der Waals surface area contributed by atoms with Crippen LogP contribution in [0.4, 0.5) is 5.95 Å². The lowest BCUT2D eigenvalue weighted by Gasteiger charge is -2.37. The maximum atomic E-state index is 12.8. The molecule has 0 radical (unpaired) electrons. The monoisotopic (exact) mass is 910 g/mol. The van der Waals surface area contributed by atoms with E-state index in [9.17, 15) is 24.8 Å². The Morgan fingerprint density at radius 1 is 0.862 bits per heavy atom. The minimum absolute atomic E-state index is 0.00708. The molecule has 65 heavy (non-hydrogen) atoms. The fraction of sp³-hybridized carbons (Fsp3) is 0.364. The predicted octanol–water partition coefficient (Wildman–Crippen LogP) is 4.08. The van der Waals surface area contributed by atoms with Crippen LogP contribution in [0.2, 0.25) is 0 Å². The van der Waals surface area contributed by atoms with Crippen LogP contribution >= 0.6 is 8.60 Å². The Labute approximate surface area is 372 Å². The van der Waals surface area contributed by atoms with Crippen LogP contribution in [0.5, 0.6) is 11.5 Å². The molecule has 340 valence electrons. The molecule has 0 saturated carbocycles. The summed E-state index contributed by atoms with van der Waals surface area (Å²) in [5.74, 6) is 1.18. The van der Waals surface area contributed by atoms with E-state index in [2.05, 4.69) is 26.0 Å². The summed E-state index contributed by atoms with van der Waals surface area (Å²) in [5, 5.41) is 19.8. The first kappa shape index (κ1) is 45.3. The van der Waals surface area contributed by atoms with Crippen LogP contribution in [0, 0.1) is 18.3 Å². The van der Waals surface area contributed by atoms with Crippen LogP contribution in [0.3, 0.4) is 0 Å². The predicted molar refractivity (Wildman–Crippen MR) is 234 cm³/mol. The Morgan fingerprint density at radius 3 is 2.08 bits per heavy atom. The molecule has 2 aliphatic rings. The summed E-state index contributed by atoms with van der Waals surface area (Å²) in [4.78, 5) is 51.2. The molecule has 0 aliphatic carbocycles. The molecule has 2 fully saturated rings. The molecule has 1 unspecified atom stereocenters. The molecule has 21 heteroatoms. The maximum Gasteiger partial charge on any atom is 0.333 e. The van der Waals surface area contributed by atoms with Crippen LogP contribution < -0.4 is 32.0 Å². The van der Waals surface area contributed by atoms with E-state index in [-0.39, 0.29) is 55.2 Å². The number of benzene rings is 3. The second kappa shape index (κ2) is 19.9. The number of aromatic amines is 2. The number of nitrogens with zero attached hydrogens (tertiary/aromatic N) is 5. The van der Waals surface area contributed by atoms with Crippen molar-refractivity contribution in [2.45, 2.75) is 68.7 Å². The van der Waals surface area contributed by atoms with Crippen molar-refractivity contribution in [2.75, 3.05) is 39.8 Å². The van der Waals surface area contributed by atoms with Gasteiger partial charge in [0, 0.05) is 24.6 Å². The van der Waals surface area contributed by atoms with Gasteiger partial charge in [-0.25, -0.2) is 9.78 Å². The fourth-order valence-electron chi connectivity index (χ4n) is 7.99. The van der Waals surface area contributed by atoms with Crippen LogP contribution in [-0.4, -0.2) is 92.6 Å². The molecule has 2 aliphatic heterocycles. The third-order valence-corrected chi connectivity index (χ3v) is 12.5. The van der Waals surface area contributed by atoms with Crippen molar-refractivity contribution in [1.29, 1.82) is 5.26 Å². The second-order valence-electron chi connectivity index (χ2n) is 15.2. The standard InChI is InChI=1S/C44H47N8O12P/c1-26-22-51(43(56)50-40(26)54)36-20-32(34(23-53)61-36)63-65(60-19-7-18-45)64-33-21-37(52-25-47-38-39(52)48-42(46)49-41(38)55)62-35(33)24-59-44(27-8-5-4-6-9-27,28-10-14-30(57-2)15-11-28)29-12-16-31(58-3)17-13-29/h4-6,8-17,22,25,32-37,53H,7,19-21,23-24H2,1-3H3,(H,50,54,56)(H3,46,48,49,55)/t32-,33-,34+,35+,36+,37+,65?/m0/s1. The average molecular weight is 911 g/mol. The smallest absolute Gasteiger partial charge is 0.333 e. The minimum Gasteiger partial charge on any atom is -0.497 e. The van der Waals surface area contributed by atoms with Gasteiger partial charge in [0.25, 0.3) is 11.1 Å². The van der Waals surface area contributed by atoms with Gasteiger partial charge in [0.15, 0.2) is 11.2 Å². The third-order valence-electron chi connectivity index (χ3n) is 11.2. The number of methoxy groups -OCH3 is 2. The molecule has 2 saturated heterocycles. The molecule has 3 aromatic heterocycles. The van der Waals surface area contributed by atoms with Gasteiger partial charge in [-0.15, -0.1) is 0 Å². The maximum absolute atomic E-state index is 12.8. The highest BCUT2D eigenvalue weighted by atomic mass is 31.2. The van der Waals surface area contributed by atoms with Crippen molar-refractivity contribution in [3.63, 3.8) is 0 Å². The van der Waals surface area contributed by atoms with Gasteiger partial charge in [-0.1, -0.05) is 54.6 Å². The zero-order chi connectivity index (χ0) is 45.7. The summed E-state index contributed by atoms with van der Waals surface area (Å²) < 4.78 is 53.3. The van der Waals surface area contributed by atoms with Crippen molar-refractivity contribution < 1.29 is 42.4 Å². The number of aliphatic hydroxyl groups excluding tert-OH is 1. The highest BCUT2D eigenvalue weighted by molar-refractivity contribution is 7.41. The molecular weight excluding hydrogens is 864 g/mol. The number of aryl methyl sites for hydroxylation is 1. The van der Waals surface area contributed by atoms with Crippen molar-refractivity contribution in [2.24, 2.45) is 0 Å². The quantitative estimate of drug-likeness (QED) is 0.0538. The Balaban J connectivity index is 1.16. The summed E-state index contributed by atoms with van der Waals surface area (Å²) in [7, 11) is 0.857. The number of rotatable bonds is 18. The summed E-state index contributed by atoms with van der Waals surface area (Å²) in [5.41, 5.74) is 5.85. The molecule has 20 nitrogen and oxygen atoms in total. The summed E-state index contributed by atoms with van der Waals surface area (Å²) in [6.07, 6.45) is -2.19. The zero-order valence-corrected chi connectivity index (χ0v) is 36.5. The van der Waals surface area contributed by atoms with E-state index in [1.54, 1.807) is 25.7 Å². The number of aliphatic hydroxyl groups is 1. The average Bonchev–Trinajstić information content (AvgIpc) is 4.05. The number of nitriles is 1. The van der Waals surface area contributed by atoms with Crippen molar-refractivity contribution in [3.05, 3.63) is 145 Å². The number of fused-ring (bicyclic) bond motifs is 1. The summed E-state index contributed by atoms with van der Waals surface area (Å²) >= 11 is 0. The van der Waals surface area contributed by atoms with Gasteiger partial charge in [-0.05, 0) is 47.9 Å². The molecular formula is C44H47N8O12P. The topological polar surface area (TPSA) is 262 Å². The number of H-pyrrole nitrogens is 2. The first-order valence-electron chi connectivity index (χ1n) is 20.6. The normalized spacial score (nSPS) is 21.3. The van der Waals surface area contributed by atoms with Crippen molar-refractivity contribution in [1.82, 2.24) is 29.1 Å². The molecule has 0 amide bonds. The van der Waals surface area contributed by atoms with Crippen LogP contribution in [0.25, 0.3) is 11.2 Å². The van der Waals surface area contributed by atoms with Gasteiger partial charge in [-0.2, -0.15) is 10.2 Å². The van der Waals surface area contributed by atoms with Crippen molar-refractivity contribution >= 4 is 25.7 Å². The first-order valence-corrected chi connectivity index (χ1v) is 21.7. The van der Waals surface area contributed by atoms with Crippen molar-refractivity contribution in [3.8, 4) is 17.6 Å². The molecule has 5 N–H and O–H groups in total. The molecule has 5 heterocycles. The summed E-state index contributed by atoms with van der Waals surface area (Å²) in [6.45, 7) is 0.915. The molecule has 7 atom stereocenters. The van der Waals surface area contributed by atoms with Gasteiger partial charge in [0.05, 0.1) is 65.1 Å². The molecule has 8 rings (SSSR count). The Hall–Kier alpha value is -6.27. The lowest BCUT2D eigenvalue weighted by atomic mass is 9.80. The number of nitrogens with one attached hydrogen (secondary N) is 2. The van der Waals surface area contributed by atoms with Gasteiger partial charge in [0.1, 0.15) is 41.8 Å². The molecule has 3 aromatic carbocycles. The fourth-order valence-corrected chi connectivity index (χ4v) is 9.28. The second-order valence-corrected chi connectivity index (χ2v) is 16.4. The molecule has 6 aromatic rings. The first-order chi connectivity index (χ1) is 31.5. The molecule has 0 spiro atoms. The Bertz CT molecular complexity index is 2750. The lowest BCUT2D eigenvalue weighted by molar-refractivity contribution is -0.0928. The number of ether oxygens (including phenoxy) is 5. The SMILES string of the molecule is COc1ccc(C(OC[C@H]2O[C@@H](n3cnc4c(=O)[nH]c(N)nc43)C[C@@H]2OP(OCCC#N)O[C@H]2C[C@H](n3cc(C)c(=O)[nH]c3=O)O[C@@H]2CO)(c2ccccc2)c2ccc(OC)cc2)cc1. The number of anilines is 1. The number of hydrogen-bond donors (Lipinski definition) is 4. The van der Waals surface area contributed by atoms with Crippen LogP contribution in [0.15, 0.2) is 106 Å². The summed E-state index contributed by atoms with van der Waals surface area (Å²) in [6, 6.07) is 26.9. The number of aromatic nitrogens is 6. The Morgan fingerprint density at radius 2 is 1.46 bits per heavy atom. The highest BCUT2D eigenvalue weighted by Gasteiger charge is 2.46. The number of nitrogens with two attached hydrogens (primary N) is 1. The van der Waals surface area contributed by atoms with E-state index in [1.807, 2.05) is 78.9 Å². The highest BCUT2D eigenvalue weighted by Crippen LogP contribution is 2.50.